The molecule has 2 rings (SSSR count). The Morgan fingerprint density at radius 2 is 1.67 bits per heavy atom. The number of carbonyl (C=O) groups excluding carboxylic acids is 2. The number of piperidine rings is 1. The lowest BCUT2D eigenvalue weighted by Crippen LogP contribution is -2.51. The van der Waals surface area contributed by atoms with Crippen molar-refractivity contribution in [1.82, 2.24) is 15.1 Å². The first-order valence-electron chi connectivity index (χ1n) is 9.48. The monoisotopic (exact) mass is 377 g/mol. The summed E-state index contributed by atoms with van der Waals surface area (Å²) in [5, 5.41) is 2.90. The average Bonchev–Trinajstić information content (AvgIpc) is 2.70. The molecule has 27 heavy (non-hydrogen) atoms. The normalized spacial score (nSPS) is 15.5. The van der Waals surface area contributed by atoms with E-state index in [1.54, 1.807) is 14.2 Å². The van der Waals surface area contributed by atoms with Crippen LogP contribution >= 0.6 is 0 Å². The molecule has 0 atom stereocenters. The van der Waals surface area contributed by atoms with Crippen LogP contribution in [0, 0.1) is 0 Å². The van der Waals surface area contributed by atoms with Crippen LogP contribution in [0.5, 0.6) is 0 Å². The minimum Gasteiger partial charge on any atom is -0.383 e. The van der Waals surface area contributed by atoms with E-state index in [1.165, 1.54) is 10.5 Å². The Bertz CT molecular complexity index is 566. The summed E-state index contributed by atoms with van der Waals surface area (Å²) in [7, 11) is 3.14. The molecule has 0 bridgehead atoms. The van der Waals surface area contributed by atoms with Gasteiger partial charge in [-0.25, -0.2) is 0 Å². The summed E-state index contributed by atoms with van der Waals surface area (Å²) < 4.78 is 10.0. The molecule has 150 valence electrons. The van der Waals surface area contributed by atoms with E-state index >= 15 is 0 Å². The Balaban J connectivity index is 1.77. The first-order valence-corrected chi connectivity index (χ1v) is 9.48. The van der Waals surface area contributed by atoms with Crippen molar-refractivity contribution in [2.45, 2.75) is 25.4 Å². The van der Waals surface area contributed by atoms with Crippen LogP contribution in [0.1, 0.15) is 18.4 Å². The first kappa shape index (κ1) is 21.3. The van der Waals surface area contributed by atoms with Crippen molar-refractivity contribution in [3.8, 4) is 0 Å². The van der Waals surface area contributed by atoms with E-state index in [4.69, 9.17) is 9.47 Å². The molecule has 2 amide bonds. The summed E-state index contributed by atoms with van der Waals surface area (Å²) in [4.78, 5) is 28.6. The van der Waals surface area contributed by atoms with E-state index in [1.807, 2.05) is 18.2 Å². The Labute approximate surface area is 161 Å². The number of hydrogen-bond donors (Lipinski definition) is 1. The number of amides is 2. The molecule has 0 unspecified atom stereocenters. The number of carbonyl (C=O) groups is 2. The third-order valence-corrected chi connectivity index (χ3v) is 4.78. The fraction of sp³-hybridized carbons (Fsp3) is 0.600. The van der Waals surface area contributed by atoms with Gasteiger partial charge in [0.25, 0.3) is 0 Å². The van der Waals surface area contributed by atoms with Gasteiger partial charge in [-0.3, -0.25) is 14.5 Å². The minimum atomic E-state index is -0.538. The summed E-state index contributed by atoms with van der Waals surface area (Å²) in [6, 6.07) is 10.4. The summed E-state index contributed by atoms with van der Waals surface area (Å²) in [5.74, 6) is -1.06. The maximum Gasteiger partial charge on any atom is 0.312 e. The molecule has 1 N–H and O–H groups in total. The molecule has 0 spiro atoms. The maximum atomic E-state index is 12.4. The van der Waals surface area contributed by atoms with Gasteiger partial charge in [0.15, 0.2) is 0 Å². The summed E-state index contributed by atoms with van der Waals surface area (Å²) in [5.41, 5.74) is 1.29. The lowest BCUT2D eigenvalue weighted by molar-refractivity contribution is -0.147. The highest BCUT2D eigenvalue weighted by molar-refractivity contribution is 6.35. The Morgan fingerprint density at radius 3 is 2.22 bits per heavy atom. The van der Waals surface area contributed by atoms with Crippen molar-refractivity contribution in [2.24, 2.45) is 0 Å². The second-order valence-electron chi connectivity index (χ2n) is 6.79. The van der Waals surface area contributed by atoms with E-state index in [0.717, 1.165) is 32.5 Å². The number of hydrogen-bond acceptors (Lipinski definition) is 5. The molecule has 1 fully saturated rings. The van der Waals surface area contributed by atoms with Crippen LogP contribution in [-0.2, 0) is 25.6 Å². The van der Waals surface area contributed by atoms with Crippen LogP contribution in [-0.4, -0.2) is 81.3 Å². The lowest BCUT2D eigenvalue weighted by Gasteiger charge is -2.32. The highest BCUT2D eigenvalue weighted by Crippen LogP contribution is 2.14. The van der Waals surface area contributed by atoms with Crippen molar-refractivity contribution in [3.63, 3.8) is 0 Å². The molecule has 7 nitrogen and oxygen atoms in total. The van der Waals surface area contributed by atoms with Gasteiger partial charge in [-0.15, -0.1) is 0 Å². The summed E-state index contributed by atoms with van der Waals surface area (Å²) in [6.07, 6.45) is 1.70. The third kappa shape index (κ3) is 7.28. The van der Waals surface area contributed by atoms with Gasteiger partial charge in [0.2, 0.25) is 0 Å². The average molecular weight is 377 g/mol. The Hall–Kier alpha value is -1.96. The SMILES string of the molecule is COCCN(CCOC)C(=O)C(=O)NC1CCN(Cc2ccccc2)CC1. The number of rotatable bonds is 9. The van der Waals surface area contributed by atoms with Crippen LogP contribution in [0.25, 0.3) is 0 Å². The van der Waals surface area contributed by atoms with Gasteiger partial charge in [0, 0.05) is 53.0 Å². The molecule has 1 aromatic rings. The molecule has 1 aliphatic rings. The smallest absolute Gasteiger partial charge is 0.312 e. The molecule has 1 aliphatic heterocycles. The lowest BCUT2D eigenvalue weighted by atomic mass is 10.0. The van der Waals surface area contributed by atoms with E-state index in [9.17, 15) is 9.59 Å². The highest BCUT2D eigenvalue weighted by atomic mass is 16.5. The van der Waals surface area contributed by atoms with Crippen LogP contribution in [0.2, 0.25) is 0 Å². The molecule has 1 aromatic carbocycles. The highest BCUT2D eigenvalue weighted by Gasteiger charge is 2.26. The zero-order valence-corrected chi connectivity index (χ0v) is 16.4. The second kappa shape index (κ2) is 11.7. The maximum absolute atomic E-state index is 12.4. The zero-order valence-electron chi connectivity index (χ0n) is 16.4. The quantitative estimate of drug-likeness (QED) is 0.647. The fourth-order valence-corrected chi connectivity index (χ4v) is 3.19. The Kier molecular flexibility index (Phi) is 9.24. The molecular weight excluding hydrogens is 346 g/mol. The van der Waals surface area contributed by atoms with Crippen molar-refractivity contribution in [3.05, 3.63) is 35.9 Å². The molecule has 0 radical (unpaired) electrons. The number of likely N-dealkylation sites (tertiary alicyclic amines) is 1. The summed E-state index contributed by atoms with van der Waals surface area (Å²) >= 11 is 0. The van der Waals surface area contributed by atoms with Crippen molar-refractivity contribution >= 4 is 11.8 Å². The van der Waals surface area contributed by atoms with Crippen molar-refractivity contribution in [2.75, 3.05) is 53.6 Å². The van der Waals surface area contributed by atoms with Gasteiger partial charge in [0.05, 0.1) is 13.2 Å². The number of nitrogens with one attached hydrogen (secondary N) is 1. The largest absolute Gasteiger partial charge is 0.383 e. The van der Waals surface area contributed by atoms with Crippen LogP contribution in [0.4, 0.5) is 0 Å². The third-order valence-electron chi connectivity index (χ3n) is 4.78. The topological polar surface area (TPSA) is 71.1 Å². The van der Waals surface area contributed by atoms with E-state index in [0.29, 0.717) is 26.3 Å². The molecule has 7 heteroatoms. The van der Waals surface area contributed by atoms with Gasteiger partial charge in [0.1, 0.15) is 0 Å². The predicted octanol–water partition coefficient (Wildman–Crippen LogP) is 0.889. The number of benzene rings is 1. The first-order chi connectivity index (χ1) is 13.1. The predicted molar refractivity (Wildman–Crippen MR) is 103 cm³/mol. The van der Waals surface area contributed by atoms with Gasteiger partial charge < -0.3 is 19.7 Å². The molecular formula is C20H31N3O4. The van der Waals surface area contributed by atoms with Gasteiger partial charge in [-0.1, -0.05) is 30.3 Å². The van der Waals surface area contributed by atoms with E-state index in [2.05, 4.69) is 22.3 Å². The Morgan fingerprint density at radius 1 is 1.07 bits per heavy atom. The van der Waals surface area contributed by atoms with Crippen molar-refractivity contribution < 1.29 is 19.1 Å². The number of methoxy groups -OCH3 is 2. The van der Waals surface area contributed by atoms with Crippen molar-refractivity contribution in [1.29, 1.82) is 0 Å². The molecule has 0 aliphatic carbocycles. The zero-order chi connectivity index (χ0) is 19.5. The molecule has 0 saturated carbocycles. The van der Waals surface area contributed by atoms with E-state index in [-0.39, 0.29) is 6.04 Å². The van der Waals surface area contributed by atoms with Crippen LogP contribution < -0.4 is 5.32 Å². The number of nitrogens with zero attached hydrogens (tertiary/aromatic N) is 2. The molecule has 1 heterocycles. The fourth-order valence-electron chi connectivity index (χ4n) is 3.19. The molecule has 1 saturated heterocycles. The second-order valence-corrected chi connectivity index (χ2v) is 6.79. The number of ether oxygens (including phenoxy) is 2. The van der Waals surface area contributed by atoms with Gasteiger partial charge in [-0.2, -0.15) is 0 Å². The summed E-state index contributed by atoms with van der Waals surface area (Å²) in [6.45, 7) is 4.27. The van der Waals surface area contributed by atoms with Crippen LogP contribution in [0.15, 0.2) is 30.3 Å². The molecule has 0 aromatic heterocycles. The van der Waals surface area contributed by atoms with E-state index < -0.39 is 11.8 Å². The minimum absolute atomic E-state index is 0.0418. The van der Waals surface area contributed by atoms with Gasteiger partial charge >= 0.3 is 11.8 Å². The van der Waals surface area contributed by atoms with Crippen LogP contribution in [0.3, 0.4) is 0 Å². The standard InChI is InChI=1S/C20H31N3O4/c1-26-14-12-23(13-15-27-2)20(25)19(24)21-18-8-10-22(11-9-18)16-17-6-4-3-5-7-17/h3-7,18H,8-16H2,1-2H3,(H,21,24). The van der Waals surface area contributed by atoms with Gasteiger partial charge in [-0.05, 0) is 18.4 Å².